The van der Waals surface area contributed by atoms with Gasteiger partial charge in [-0.15, -0.1) is 0 Å². The zero-order valence-corrected chi connectivity index (χ0v) is 16.3. The first-order chi connectivity index (χ1) is 13.2. The van der Waals surface area contributed by atoms with E-state index in [0.29, 0.717) is 0 Å². The number of nitrogens with zero attached hydrogens (tertiary/aromatic N) is 8. The van der Waals surface area contributed by atoms with Gasteiger partial charge < -0.3 is 9.80 Å². The van der Waals surface area contributed by atoms with Crippen molar-refractivity contribution in [3.8, 4) is 11.5 Å². The van der Waals surface area contributed by atoms with Gasteiger partial charge in [0, 0.05) is 52.0 Å². The summed E-state index contributed by atoms with van der Waals surface area (Å²) in [4.78, 5) is 21.5. The zero-order valence-electron chi connectivity index (χ0n) is 16.3. The third-order valence-corrected chi connectivity index (χ3v) is 6.57. The normalized spacial score (nSPS) is 28.7. The average Bonchev–Trinajstić information content (AvgIpc) is 3.15. The molecule has 8 nitrogen and oxygen atoms in total. The van der Waals surface area contributed by atoms with Gasteiger partial charge in [0.2, 0.25) is 5.95 Å². The van der Waals surface area contributed by atoms with E-state index in [1.165, 1.54) is 32.5 Å². The van der Waals surface area contributed by atoms with Crippen molar-refractivity contribution >= 4 is 5.95 Å². The molecule has 144 valence electrons. The number of hydrogen-bond donors (Lipinski definition) is 0. The predicted octanol–water partition coefficient (Wildman–Crippen LogP) is 0.797. The fourth-order valence-corrected chi connectivity index (χ4v) is 4.92. The molecule has 0 amide bonds. The molecule has 0 aliphatic carbocycles. The van der Waals surface area contributed by atoms with Crippen molar-refractivity contribution in [1.82, 2.24) is 34.5 Å². The van der Waals surface area contributed by atoms with E-state index in [1.807, 2.05) is 20.2 Å². The van der Waals surface area contributed by atoms with Gasteiger partial charge in [0.25, 0.3) is 0 Å². The van der Waals surface area contributed by atoms with Gasteiger partial charge >= 0.3 is 0 Å². The number of piperidine rings is 3. The molecule has 2 bridgehead atoms. The van der Waals surface area contributed by atoms with Crippen LogP contribution in [0, 0.1) is 12.8 Å². The summed E-state index contributed by atoms with van der Waals surface area (Å²) in [6, 6.07) is 0.753. The quantitative estimate of drug-likeness (QED) is 0.794. The van der Waals surface area contributed by atoms with Crippen LogP contribution in [0.3, 0.4) is 0 Å². The summed E-state index contributed by atoms with van der Waals surface area (Å²) < 4.78 is 1.77. The molecule has 6 heterocycles. The summed E-state index contributed by atoms with van der Waals surface area (Å²) in [5.74, 6) is 2.51. The lowest BCUT2D eigenvalue weighted by Crippen LogP contribution is -2.61. The SMILES string of the molecule is Cc1cnc(N2CCN([C@H]3CN4CCC3CC4)CC2)nc1-c1ncnn1C. The lowest BCUT2D eigenvalue weighted by atomic mass is 9.83. The van der Waals surface area contributed by atoms with Crippen molar-refractivity contribution in [3.63, 3.8) is 0 Å². The molecule has 6 rings (SSSR count). The molecular weight excluding hydrogens is 340 g/mol. The zero-order chi connectivity index (χ0) is 18.4. The summed E-state index contributed by atoms with van der Waals surface area (Å²) in [5, 5.41) is 4.18. The second-order valence-corrected chi connectivity index (χ2v) is 8.14. The topological polar surface area (TPSA) is 66.2 Å². The third kappa shape index (κ3) is 3.10. The van der Waals surface area contributed by atoms with E-state index in [1.54, 1.807) is 11.0 Å². The Labute approximate surface area is 160 Å². The van der Waals surface area contributed by atoms with Crippen molar-refractivity contribution in [3.05, 3.63) is 18.1 Å². The molecule has 8 heteroatoms. The molecule has 4 saturated heterocycles. The smallest absolute Gasteiger partial charge is 0.226 e. The number of fused-ring (bicyclic) bond motifs is 3. The van der Waals surface area contributed by atoms with Gasteiger partial charge in [0.05, 0.1) is 0 Å². The third-order valence-electron chi connectivity index (χ3n) is 6.57. The van der Waals surface area contributed by atoms with Crippen molar-refractivity contribution in [2.24, 2.45) is 13.0 Å². The number of hydrogen-bond acceptors (Lipinski definition) is 7. The first-order valence-corrected chi connectivity index (χ1v) is 10.1. The maximum atomic E-state index is 4.84. The fraction of sp³-hybridized carbons (Fsp3) is 0.684. The summed E-state index contributed by atoms with van der Waals surface area (Å²) in [6.07, 6.45) is 6.25. The summed E-state index contributed by atoms with van der Waals surface area (Å²) in [5.41, 5.74) is 1.90. The average molecular weight is 368 g/mol. The van der Waals surface area contributed by atoms with Gasteiger partial charge in [-0.2, -0.15) is 5.10 Å². The van der Waals surface area contributed by atoms with Gasteiger partial charge in [0.1, 0.15) is 12.0 Å². The molecule has 2 aromatic rings. The van der Waals surface area contributed by atoms with Crippen LogP contribution in [0.4, 0.5) is 5.95 Å². The molecule has 4 aliphatic heterocycles. The second-order valence-electron chi connectivity index (χ2n) is 8.14. The lowest BCUT2D eigenvalue weighted by molar-refractivity contribution is 0.00301. The Bertz CT molecular complexity index is 802. The summed E-state index contributed by atoms with van der Waals surface area (Å²) in [7, 11) is 1.90. The molecular formula is C19H28N8. The van der Waals surface area contributed by atoms with E-state index in [-0.39, 0.29) is 0 Å². The van der Waals surface area contributed by atoms with Crippen molar-refractivity contribution in [1.29, 1.82) is 0 Å². The van der Waals surface area contributed by atoms with Crippen molar-refractivity contribution in [2.45, 2.75) is 25.8 Å². The fourth-order valence-electron chi connectivity index (χ4n) is 4.92. The molecule has 4 fully saturated rings. The Morgan fingerprint density at radius 3 is 2.41 bits per heavy atom. The van der Waals surface area contributed by atoms with E-state index >= 15 is 0 Å². The molecule has 27 heavy (non-hydrogen) atoms. The number of anilines is 1. The van der Waals surface area contributed by atoms with Crippen LogP contribution in [0.2, 0.25) is 0 Å². The minimum Gasteiger partial charge on any atom is -0.338 e. The molecule has 0 spiro atoms. The number of rotatable bonds is 3. The molecule has 4 aliphatic rings. The van der Waals surface area contributed by atoms with Crippen LogP contribution in [-0.2, 0) is 7.05 Å². The highest BCUT2D eigenvalue weighted by atomic mass is 15.4. The minimum atomic E-state index is 0.753. The molecule has 0 aromatic carbocycles. The first kappa shape index (κ1) is 17.1. The standard InChI is InChI=1S/C19H28N8/c1-14-11-20-19(23-17(14)18-21-13-22-24(18)2)27-9-7-26(8-10-27)16-12-25-5-3-15(16)4-6-25/h11,13,15-16H,3-10,12H2,1-2H3/t16-/m0/s1. The lowest BCUT2D eigenvalue weighted by Gasteiger charge is -2.51. The van der Waals surface area contributed by atoms with Crippen LogP contribution in [0.1, 0.15) is 18.4 Å². The van der Waals surface area contributed by atoms with Gasteiger partial charge in [-0.3, -0.25) is 4.90 Å². The molecule has 0 N–H and O–H groups in total. The van der Waals surface area contributed by atoms with Gasteiger partial charge in [-0.25, -0.2) is 19.6 Å². The number of aryl methyl sites for hydroxylation is 2. The molecule has 2 aromatic heterocycles. The minimum absolute atomic E-state index is 0.753. The Morgan fingerprint density at radius 2 is 1.78 bits per heavy atom. The maximum absolute atomic E-state index is 4.84. The van der Waals surface area contributed by atoms with E-state index in [0.717, 1.165) is 61.2 Å². The monoisotopic (exact) mass is 368 g/mol. The van der Waals surface area contributed by atoms with E-state index < -0.39 is 0 Å². The number of piperazine rings is 1. The van der Waals surface area contributed by atoms with Gasteiger partial charge in [0.15, 0.2) is 5.82 Å². The highest BCUT2D eigenvalue weighted by Gasteiger charge is 2.38. The summed E-state index contributed by atoms with van der Waals surface area (Å²) in [6.45, 7) is 10.1. The Balaban J connectivity index is 1.29. The largest absolute Gasteiger partial charge is 0.338 e. The molecule has 0 saturated carbocycles. The molecule has 1 atom stereocenters. The van der Waals surface area contributed by atoms with Gasteiger partial charge in [-0.05, 0) is 44.3 Å². The predicted molar refractivity (Wildman–Crippen MR) is 104 cm³/mol. The Hall–Kier alpha value is -2.06. The molecule has 0 radical (unpaired) electrons. The molecule has 0 unspecified atom stereocenters. The highest BCUT2D eigenvalue weighted by Crippen LogP contribution is 2.31. The van der Waals surface area contributed by atoms with Crippen LogP contribution in [0.5, 0.6) is 0 Å². The van der Waals surface area contributed by atoms with E-state index in [4.69, 9.17) is 4.98 Å². The van der Waals surface area contributed by atoms with Crippen LogP contribution in [0.25, 0.3) is 11.5 Å². The Kier molecular flexibility index (Phi) is 4.32. The highest BCUT2D eigenvalue weighted by molar-refractivity contribution is 5.56. The van der Waals surface area contributed by atoms with Gasteiger partial charge in [-0.1, -0.05) is 0 Å². The first-order valence-electron chi connectivity index (χ1n) is 10.1. The summed E-state index contributed by atoms with van der Waals surface area (Å²) >= 11 is 0. The van der Waals surface area contributed by atoms with E-state index in [2.05, 4.69) is 29.8 Å². The van der Waals surface area contributed by atoms with Crippen molar-refractivity contribution in [2.75, 3.05) is 50.7 Å². The van der Waals surface area contributed by atoms with Crippen LogP contribution < -0.4 is 4.90 Å². The second kappa shape index (κ2) is 6.83. The van der Waals surface area contributed by atoms with Crippen LogP contribution in [-0.4, -0.2) is 86.4 Å². The maximum Gasteiger partial charge on any atom is 0.226 e. The van der Waals surface area contributed by atoms with Crippen LogP contribution in [0.15, 0.2) is 12.5 Å². The Morgan fingerprint density at radius 1 is 1.00 bits per heavy atom. The van der Waals surface area contributed by atoms with Crippen molar-refractivity contribution < 1.29 is 0 Å². The number of aromatic nitrogens is 5. The van der Waals surface area contributed by atoms with E-state index in [9.17, 15) is 0 Å². The van der Waals surface area contributed by atoms with Crippen LogP contribution >= 0.6 is 0 Å².